The molecule has 2 aromatic rings. The van der Waals surface area contributed by atoms with Crippen LogP contribution in [0.1, 0.15) is 37.9 Å². The fraction of sp³-hybridized carbons (Fsp3) is 0.467. The van der Waals surface area contributed by atoms with Crippen molar-refractivity contribution < 1.29 is 9.71 Å². The lowest BCUT2D eigenvalue weighted by atomic mass is 10.0. The number of nitrogens with two attached hydrogens (primary N) is 1. The van der Waals surface area contributed by atoms with E-state index < -0.39 is 0 Å². The molecular formula is C15H22FN2+. The number of hydrogen-bond acceptors (Lipinski definition) is 0. The second-order valence-electron chi connectivity index (χ2n) is 4.67. The number of nitrogens with one attached hydrogen (secondary N) is 1. The highest BCUT2D eigenvalue weighted by Gasteiger charge is 2.21. The molecule has 1 aliphatic rings. The summed E-state index contributed by atoms with van der Waals surface area (Å²) in [6, 6.07) is 5.05. The van der Waals surface area contributed by atoms with Crippen LogP contribution in [0.25, 0.3) is 10.9 Å². The molecule has 0 aliphatic carbocycles. The van der Waals surface area contributed by atoms with Gasteiger partial charge >= 0.3 is 0 Å². The molecule has 2 heterocycles. The molecule has 0 saturated heterocycles. The van der Waals surface area contributed by atoms with E-state index in [1.54, 1.807) is 12.1 Å². The van der Waals surface area contributed by atoms with E-state index in [0.29, 0.717) is 5.92 Å². The Kier molecular flexibility index (Phi) is 4.02. The summed E-state index contributed by atoms with van der Waals surface area (Å²) in [6.45, 7) is 8.47. The zero-order valence-electron chi connectivity index (χ0n) is 11.4. The van der Waals surface area contributed by atoms with Crippen LogP contribution in [0.5, 0.6) is 0 Å². The summed E-state index contributed by atoms with van der Waals surface area (Å²) in [7, 11) is 0. The Morgan fingerprint density at radius 1 is 1.33 bits per heavy atom. The van der Waals surface area contributed by atoms with Gasteiger partial charge < -0.3 is 10.3 Å². The maximum Gasteiger partial charge on any atom is 0.125 e. The standard InChI is InChI=1S/C13H15FN2.C2H6/c1-8-7-15-5-4-11-10-3-2-9(14)6-12(10)16-13(8)11;1-2/h2-3,6,8,15-16H,4-5,7H2,1H3;1-2H3/p+1/t8-;/m1./s1. The first kappa shape index (κ1) is 13.1. The molecule has 18 heavy (non-hydrogen) atoms. The molecule has 0 fully saturated rings. The molecule has 0 radical (unpaired) electrons. The number of aromatic amines is 1. The van der Waals surface area contributed by atoms with Gasteiger partial charge in [-0.15, -0.1) is 0 Å². The van der Waals surface area contributed by atoms with Gasteiger partial charge in [0.05, 0.1) is 13.1 Å². The monoisotopic (exact) mass is 249 g/mol. The van der Waals surface area contributed by atoms with Crippen molar-refractivity contribution >= 4 is 10.9 Å². The topological polar surface area (TPSA) is 32.4 Å². The van der Waals surface area contributed by atoms with Gasteiger partial charge in [0.1, 0.15) is 5.82 Å². The van der Waals surface area contributed by atoms with Crippen LogP contribution in [-0.2, 0) is 6.42 Å². The molecule has 3 N–H and O–H groups in total. The molecule has 1 aliphatic heterocycles. The SMILES string of the molecule is CC.C[C@@H]1C[NH2+]CCc2c1[nH]c1cc(F)ccc21. The van der Waals surface area contributed by atoms with Crippen LogP contribution in [0, 0.1) is 5.82 Å². The molecule has 2 nitrogen and oxygen atoms in total. The Balaban J connectivity index is 0.000000574. The third-order valence-electron chi connectivity index (χ3n) is 3.51. The number of quaternary nitrogens is 1. The maximum absolute atomic E-state index is 13.2. The van der Waals surface area contributed by atoms with Crippen molar-refractivity contribution in [2.24, 2.45) is 0 Å². The lowest BCUT2D eigenvalue weighted by Gasteiger charge is -2.04. The van der Waals surface area contributed by atoms with E-state index in [9.17, 15) is 4.39 Å². The van der Waals surface area contributed by atoms with Crippen LogP contribution < -0.4 is 5.32 Å². The highest BCUT2D eigenvalue weighted by atomic mass is 19.1. The molecule has 0 bridgehead atoms. The average molecular weight is 249 g/mol. The fourth-order valence-electron chi connectivity index (χ4n) is 2.67. The Morgan fingerprint density at radius 2 is 2.11 bits per heavy atom. The zero-order chi connectivity index (χ0) is 13.1. The molecule has 3 rings (SSSR count). The minimum atomic E-state index is -0.164. The fourth-order valence-corrected chi connectivity index (χ4v) is 2.67. The molecule has 98 valence electrons. The normalized spacial score (nSPS) is 18.8. The molecule has 0 spiro atoms. The van der Waals surface area contributed by atoms with Gasteiger partial charge in [-0.2, -0.15) is 0 Å². The van der Waals surface area contributed by atoms with E-state index in [4.69, 9.17) is 0 Å². The van der Waals surface area contributed by atoms with E-state index in [-0.39, 0.29) is 5.82 Å². The predicted molar refractivity (Wildman–Crippen MR) is 73.4 cm³/mol. The van der Waals surface area contributed by atoms with Crippen LogP contribution >= 0.6 is 0 Å². The summed E-state index contributed by atoms with van der Waals surface area (Å²) < 4.78 is 13.2. The summed E-state index contributed by atoms with van der Waals surface area (Å²) in [5.41, 5.74) is 3.63. The highest BCUT2D eigenvalue weighted by molar-refractivity contribution is 5.85. The number of halogens is 1. The Bertz CT molecular complexity index is 531. The van der Waals surface area contributed by atoms with Crippen LogP contribution in [0.2, 0.25) is 0 Å². The summed E-state index contributed by atoms with van der Waals surface area (Å²) in [4.78, 5) is 3.39. The van der Waals surface area contributed by atoms with Crippen molar-refractivity contribution in [3.05, 3.63) is 35.3 Å². The van der Waals surface area contributed by atoms with Gasteiger partial charge in [0, 0.05) is 28.9 Å². The molecular weight excluding hydrogens is 227 g/mol. The minimum absolute atomic E-state index is 0.164. The van der Waals surface area contributed by atoms with E-state index in [0.717, 1.165) is 25.0 Å². The summed E-state index contributed by atoms with van der Waals surface area (Å²) in [5, 5.41) is 3.55. The largest absolute Gasteiger partial charge is 0.358 e. The second kappa shape index (κ2) is 5.53. The molecule has 1 aromatic carbocycles. The van der Waals surface area contributed by atoms with Crippen molar-refractivity contribution in [1.29, 1.82) is 0 Å². The Labute approximate surface area is 108 Å². The number of H-pyrrole nitrogens is 1. The predicted octanol–water partition coefficient (Wildman–Crippen LogP) is 2.56. The van der Waals surface area contributed by atoms with Crippen molar-refractivity contribution in [3.63, 3.8) is 0 Å². The van der Waals surface area contributed by atoms with E-state index in [1.807, 2.05) is 19.9 Å². The number of aromatic nitrogens is 1. The molecule has 1 atom stereocenters. The van der Waals surface area contributed by atoms with Gasteiger partial charge in [-0.3, -0.25) is 0 Å². The van der Waals surface area contributed by atoms with Crippen molar-refractivity contribution in [2.45, 2.75) is 33.1 Å². The van der Waals surface area contributed by atoms with Gasteiger partial charge in [0.15, 0.2) is 0 Å². The number of benzene rings is 1. The number of hydrogen-bond donors (Lipinski definition) is 2. The van der Waals surface area contributed by atoms with Crippen LogP contribution in [0.15, 0.2) is 18.2 Å². The van der Waals surface area contributed by atoms with Gasteiger partial charge in [0.2, 0.25) is 0 Å². The van der Waals surface area contributed by atoms with Crippen LogP contribution in [0.4, 0.5) is 4.39 Å². The lowest BCUT2D eigenvalue weighted by molar-refractivity contribution is -0.655. The first-order valence-corrected chi connectivity index (χ1v) is 6.87. The molecule has 0 amide bonds. The van der Waals surface area contributed by atoms with Gasteiger partial charge in [-0.1, -0.05) is 20.8 Å². The van der Waals surface area contributed by atoms with E-state index in [2.05, 4.69) is 17.2 Å². The third kappa shape index (κ3) is 2.27. The maximum atomic E-state index is 13.2. The van der Waals surface area contributed by atoms with Crippen molar-refractivity contribution in [2.75, 3.05) is 13.1 Å². The quantitative estimate of drug-likeness (QED) is 0.719. The summed E-state index contributed by atoms with van der Waals surface area (Å²) >= 11 is 0. The summed E-state index contributed by atoms with van der Waals surface area (Å²) in [6.07, 6.45) is 1.07. The van der Waals surface area contributed by atoms with Crippen LogP contribution in [0.3, 0.4) is 0 Å². The highest BCUT2D eigenvalue weighted by Crippen LogP contribution is 2.28. The molecule has 0 unspecified atom stereocenters. The third-order valence-corrected chi connectivity index (χ3v) is 3.51. The molecule has 0 saturated carbocycles. The van der Waals surface area contributed by atoms with E-state index in [1.165, 1.54) is 16.6 Å². The molecule has 3 heteroatoms. The van der Waals surface area contributed by atoms with Crippen molar-refractivity contribution in [3.8, 4) is 0 Å². The lowest BCUT2D eigenvalue weighted by Crippen LogP contribution is -2.85. The average Bonchev–Trinajstić information content (AvgIpc) is 2.65. The second-order valence-corrected chi connectivity index (χ2v) is 4.67. The van der Waals surface area contributed by atoms with Crippen LogP contribution in [-0.4, -0.2) is 18.1 Å². The smallest absolute Gasteiger partial charge is 0.125 e. The van der Waals surface area contributed by atoms with Gasteiger partial charge in [-0.05, 0) is 23.8 Å². The molecule has 1 aromatic heterocycles. The van der Waals surface area contributed by atoms with E-state index >= 15 is 0 Å². The summed E-state index contributed by atoms with van der Waals surface area (Å²) in [5.74, 6) is 0.357. The van der Waals surface area contributed by atoms with Gasteiger partial charge in [0.25, 0.3) is 0 Å². The Morgan fingerprint density at radius 3 is 2.89 bits per heavy atom. The first-order valence-electron chi connectivity index (χ1n) is 6.87. The number of rotatable bonds is 0. The minimum Gasteiger partial charge on any atom is -0.358 e. The Hall–Kier alpha value is -1.35. The zero-order valence-corrected chi connectivity index (χ0v) is 11.4. The number of fused-ring (bicyclic) bond motifs is 3. The van der Waals surface area contributed by atoms with Gasteiger partial charge in [-0.25, -0.2) is 4.39 Å². The van der Waals surface area contributed by atoms with Crippen molar-refractivity contribution in [1.82, 2.24) is 4.98 Å². The first-order chi connectivity index (χ1) is 8.75.